The summed E-state index contributed by atoms with van der Waals surface area (Å²) in [6, 6.07) is 15.1. The first-order valence-corrected chi connectivity index (χ1v) is 9.01. The maximum atomic E-state index is 12.6. The Hall–Kier alpha value is -3.45. The van der Waals surface area contributed by atoms with Crippen LogP contribution in [0.3, 0.4) is 0 Å². The molecule has 7 nitrogen and oxygen atoms in total. The van der Waals surface area contributed by atoms with Crippen molar-refractivity contribution in [3.8, 4) is 5.69 Å². The lowest BCUT2D eigenvalue weighted by Gasteiger charge is -2.02. The van der Waals surface area contributed by atoms with Crippen molar-refractivity contribution in [2.75, 3.05) is 0 Å². The highest BCUT2D eigenvalue weighted by atomic mass is 35.5. The van der Waals surface area contributed by atoms with Gasteiger partial charge in [0.15, 0.2) is 0 Å². The maximum absolute atomic E-state index is 12.6. The van der Waals surface area contributed by atoms with Gasteiger partial charge in [0, 0.05) is 6.20 Å². The highest BCUT2D eigenvalue weighted by Gasteiger charge is 2.16. The number of amides is 1. The van der Waals surface area contributed by atoms with Gasteiger partial charge in [-0.1, -0.05) is 35.9 Å². The van der Waals surface area contributed by atoms with Gasteiger partial charge in [0.1, 0.15) is 16.5 Å². The smallest absolute Gasteiger partial charge is 0.290 e. The Balaban J connectivity index is 1.58. The van der Waals surface area contributed by atoms with Crippen molar-refractivity contribution in [2.45, 2.75) is 13.8 Å². The summed E-state index contributed by atoms with van der Waals surface area (Å²) in [6.45, 7) is 3.62. The molecule has 140 valence electrons. The predicted octanol–water partition coefficient (Wildman–Crippen LogP) is 3.55. The zero-order valence-corrected chi connectivity index (χ0v) is 16.1. The molecule has 0 aliphatic rings. The van der Waals surface area contributed by atoms with Gasteiger partial charge < -0.3 is 0 Å². The minimum atomic E-state index is -0.350. The minimum Gasteiger partial charge on any atom is -0.295 e. The summed E-state index contributed by atoms with van der Waals surface area (Å²) in [5.74, 6) is -0.350. The molecular formula is C20H17ClN6O. The Morgan fingerprint density at radius 1 is 1.11 bits per heavy atom. The number of carbonyl (C=O) groups excluding carboxylic acids is 1. The number of carbonyl (C=O) groups is 1. The van der Waals surface area contributed by atoms with Crippen molar-refractivity contribution >= 4 is 29.4 Å². The Bertz CT molecular complexity index is 1190. The molecule has 28 heavy (non-hydrogen) atoms. The van der Waals surface area contributed by atoms with Gasteiger partial charge in [-0.2, -0.15) is 10.2 Å². The Kier molecular flexibility index (Phi) is 4.67. The predicted molar refractivity (Wildman–Crippen MR) is 108 cm³/mol. The molecule has 4 rings (SSSR count). The lowest BCUT2D eigenvalue weighted by atomic mass is 10.3. The van der Waals surface area contributed by atoms with Crippen molar-refractivity contribution in [2.24, 2.45) is 5.10 Å². The van der Waals surface area contributed by atoms with Gasteiger partial charge in [-0.05, 0) is 38.1 Å². The molecule has 0 fully saturated rings. The normalized spacial score (nSPS) is 11.4. The first-order chi connectivity index (χ1) is 13.6. The first kappa shape index (κ1) is 17.9. The number of hydrogen-bond donors (Lipinski definition) is 1. The van der Waals surface area contributed by atoms with Crippen LogP contribution >= 0.6 is 11.6 Å². The van der Waals surface area contributed by atoms with Crippen LogP contribution in [-0.4, -0.2) is 31.3 Å². The van der Waals surface area contributed by atoms with Crippen LogP contribution in [0.1, 0.15) is 27.4 Å². The third-order valence-corrected chi connectivity index (χ3v) is 4.69. The van der Waals surface area contributed by atoms with Crippen molar-refractivity contribution < 1.29 is 4.79 Å². The van der Waals surface area contributed by atoms with Gasteiger partial charge in [-0.15, -0.1) is 0 Å². The van der Waals surface area contributed by atoms with Crippen LogP contribution in [-0.2, 0) is 0 Å². The zero-order valence-electron chi connectivity index (χ0n) is 15.3. The molecule has 1 amide bonds. The number of fused-ring (bicyclic) bond motifs is 1. The molecule has 4 aromatic rings. The Morgan fingerprint density at radius 3 is 2.64 bits per heavy atom. The molecular weight excluding hydrogens is 376 g/mol. The third kappa shape index (κ3) is 3.16. The van der Waals surface area contributed by atoms with E-state index < -0.39 is 0 Å². The van der Waals surface area contributed by atoms with E-state index in [1.165, 1.54) is 6.21 Å². The van der Waals surface area contributed by atoms with Gasteiger partial charge in [0.05, 0.1) is 28.9 Å². The van der Waals surface area contributed by atoms with Crippen LogP contribution in [0.2, 0.25) is 5.15 Å². The molecule has 0 aliphatic heterocycles. The number of imidazole rings is 1. The first-order valence-electron chi connectivity index (χ1n) is 8.64. The summed E-state index contributed by atoms with van der Waals surface area (Å²) in [5, 5.41) is 8.94. The molecule has 1 N–H and O–H groups in total. The summed E-state index contributed by atoms with van der Waals surface area (Å²) < 4.78 is 3.36. The average molecular weight is 393 g/mol. The second-order valence-corrected chi connectivity index (χ2v) is 6.57. The molecule has 1 aromatic carbocycles. The van der Waals surface area contributed by atoms with E-state index in [4.69, 9.17) is 11.6 Å². The van der Waals surface area contributed by atoms with E-state index in [9.17, 15) is 4.79 Å². The zero-order chi connectivity index (χ0) is 19.7. The largest absolute Gasteiger partial charge is 0.295 e. The Morgan fingerprint density at radius 2 is 1.86 bits per heavy atom. The number of aromatic nitrogens is 4. The standard InChI is InChI=1S/C20H17ClN6O/c1-13-16(19(21)27(25-13)15-8-4-3-5-9-15)12-22-24-20(28)18-14(2)23-17-10-6-7-11-26(17)18/h3-12H,1-2H3,(H,24,28)/b22-12-. The summed E-state index contributed by atoms with van der Waals surface area (Å²) in [4.78, 5) is 17.0. The van der Waals surface area contributed by atoms with E-state index in [0.29, 0.717) is 33.4 Å². The summed E-state index contributed by atoms with van der Waals surface area (Å²) >= 11 is 6.46. The van der Waals surface area contributed by atoms with Crippen molar-refractivity contribution in [3.63, 3.8) is 0 Å². The number of halogens is 1. The van der Waals surface area contributed by atoms with E-state index in [-0.39, 0.29) is 5.91 Å². The average Bonchev–Trinajstić information content (AvgIpc) is 3.18. The summed E-state index contributed by atoms with van der Waals surface area (Å²) in [5.41, 5.74) is 6.51. The van der Waals surface area contributed by atoms with Crippen molar-refractivity contribution in [3.05, 3.63) is 82.5 Å². The molecule has 0 spiro atoms. The van der Waals surface area contributed by atoms with Gasteiger partial charge in [-0.3, -0.25) is 9.20 Å². The monoisotopic (exact) mass is 392 g/mol. The topological polar surface area (TPSA) is 76.6 Å². The number of aryl methyl sites for hydroxylation is 2. The van der Waals surface area contributed by atoms with E-state index in [2.05, 4.69) is 20.6 Å². The van der Waals surface area contributed by atoms with Crippen molar-refractivity contribution in [1.82, 2.24) is 24.6 Å². The second-order valence-electron chi connectivity index (χ2n) is 6.21. The molecule has 0 radical (unpaired) electrons. The van der Waals surface area contributed by atoms with E-state index in [0.717, 1.165) is 5.69 Å². The van der Waals surface area contributed by atoms with Gasteiger partial charge in [0.25, 0.3) is 5.91 Å². The van der Waals surface area contributed by atoms with Crippen LogP contribution in [0.4, 0.5) is 0 Å². The SMILES string of the molecule is Cc1nn(-c2ccccc2)c(Cl)c1/C=N\NC(=O)c1c(C)nc2ccccn12. The fourth-order valence-corrected chi connectivity index (χ4v) is 3.31. The molecule has 3 aromatic heterocycles. The number of pyridine rings is 1. The lowest BCUT2D eigenvalue weighted by molar-refractivity contribution is 0.0948. The molecule has 3 heterocycles. The third-order valence-electron chi connectivity index (χ3n) is 4.33. The number of rotatable bonds is 4. The van der Waals surface area contributed by atoms with E-state index in [1.807, 2.05) is 55.5 Å². The molecule has 0 bridgehead atoms. The number of nitrogens with one attached hydrogen (secondary N) is 1. The van der Waals surface area contributed by atoms with Gasteiger partial charge in [0.2, 0.25) is 0 Å². The fraction of sp³-hybridized carbons (Fsp3) is 0.100. The maximum Gasteiger partial charge on any atom is 0.290 e. The van der Waals surface area contributed by atoms with Gasteiger partial charge in [-0.25, -0.2) is 15.1 Å². The number of para-hydroxylation sites is 1. The number of nitrogens with zero attached hydrogens (tertiary/aromatic N) is 5. The molecule has 8 heteroatoms. The van der Waals surface area contributed by atoms with Crippen LogP contribution in [0.5, 0.6) is 0 Å². The van der Waals surface area contributed by atoms with Crippen molar-refractivity contribution in [1.29, 1.82) is 0 Å². The second kappa shape index (κ2) is 7.28. The lowest BCUT2D eigenvalue weighted by Crippen LogP contribution is -2.20. The summed E-state index contributed by atoms with van der Waals surface area (Å²) in [7, 11) is 0. The Labute approximate surface area is 166 Å². The highest BCUT2D eigenvalue weighted by Crippen LogP contribution is 2.21. The number of hydrogen-bond acceptors (Lipinski definition) is 4. The molecule has 0 aliphatic carbocycles. The molecule has 0 atom stereocenters. The highest BCUT2D eigenvalue weighted by molar-refractivity contribution is 6.32. The van der Waals surface area contributed by atoms with Crippen LogP contribution in [0.15, 0.2) is 59.8 Å². The molecule has 0 unspecified atom stereocenters. The molecule has 0 saturated heterocycles. The minimum absolute atomic E-state index is 0.350. The quantitative estimate of drug-likeness (QED) is 0.426. The van der Waals surface area contributed by atoms with Crippen LogP contribution in [0, 0.1) is 13.8 Å². The van der Waals surface area contributed by atoms with Crippen LogP contribution < -0.4 is 5.43 Å². The van der Waals surface area contributed by atoms with Gasteiger partial charge >= 0.3 is 0 Å². The summed E-state index contributed by atoms with van der Waals surface area (Å²) in [6.07, 6.45) is 3.29. The fourth-order valence-electron chi connectivity index (χ4n) is 2.99. The number of benzene rings is 1. The van der Waals surface area contributed by atoms with Crippen LogP contribution in [0.25, 0.3) is 11.3 Å². The number of hydrazone groups is 1. The molecule has 0 saturated carbocycles. The van der Waals surface area contributed by atoms with E-state index >= 15 is 0 Å². The van der Waals surface area contributed by atoms with E-state index in [1.54, 1.807) is 22.2 Å².